The molecule has 94 valence electrons. The van der Waals surface area contributed by atoms with E-state index in [-0.39, 0.29) is 6.04 Å². The van der Waals surface area contributed by atoms with Crippen molar-refractivity contribution in [3.8, 4) is 0 Å². The highest BCUT2D eigenvalue weighted by molar-refractivity contribution is 7.91. The summed E-state index contributed by atoms with van der Waals surface area (Å²) < 4.78 is 21.7. The summed E-state index contributed by atoms with van der Waals surface area (Å²) in [7, 11) is -3.22. The number of sulfone groups is 1. The average molecular weight is 248 g/mol. The Morgan fingerprint density at radius 3 is 2.69 bits per heavy atom. The fourth-order valence-electron chi connectivity index (χ4n) is 1.93. The molecule has 0 aromatic rings. The summed E-state index contributed by atoms with van der Waals surface area (Å²) in [6.45, 7) is 2.63. The van der Waals surface area contributed by atoms with Crippen LogP contribution in [0.15, 0.2) is 0 Å². The van der Waals surface area contributed by atoms with Crippen LogP contribution in [0.2, 0.25) is 0 Å². The zero-order valence-electron chi connectivity index (χ0n) is 9.82. The van der Waals surface area contributed by atoms with Gasteiger partial charge in [0.2, 0.25) is 5.91 Å². The molecule has 1 amide bonds. The normalized spacial score (nSPS) is 26.4. The summed E-state index contributed by atoms with van der Waals surface area (Å²) >= 11 is 0. The van der Waals surface area contributed by atoms with Gasteiger partial charge in [0.1, 0.15) is 5.75 Å². The molecule has 1 aliphatic rings. The van der Waals surface area contributed by atoms with Crippen molar-refractivity contribution in [1.82, 2.24) is 10.6 Å². The van der Waals surface area contributed by atoms with Crippen LogP contribution in [0.3, 0.4) is 0 Å². The van der Waals surface area contributed by atoms with E-state index in [1.807, 2.05) is 0 Å². The molecule has 2 N–H and O–H groups in total. The van der Waals surface area contributed by atoms with Gasteiger partial charge in [0, 0.05) is 24.9 Å². The Morgan fingerprint density at radius 2 is 2.12 bits per heavy atom. The van der Waals surface area contributed by atoms with Gasteiger partial charge in [-0.15, -0.1) is 0 Å². The zero-order valence-corrected chi connectivity index (χ0v) is 10.6. The fourth-order valence-corrected chi connectivity index (χ4v) is 2.50. The third-order valence-corrected chi connectivity index (χ3v) is 3.44. The van der Waals surface area contributed by atoms with Gasteiger partial charge in [0.25, 0.3) is 0 Å². The standard InChI is InChI=1S/C10H20N2O3S/c1-8-4-3-5-9(12-8)6-11-10(13)7-16(2,14)15/h8-9,12H,3-7H2,1-2H3,(H,11,13). The smallest absolute Gasteiger partial charge is 0.235 e. The average Bonchev–Trinajstić information content (AvgIpc) is 2.12. The molecule has 2 atom stereocenters. The number of piperidine rings is 1. The van der Waals surface area contributed by atoms with Crippen molar-refractivity contribution in [2.24, 2.45) is 0 Å². The minimum atomic E-state index is -3.22. The van der Waals surface area contributed by atoms with Gasteiger partial charge >= 0.3 is 0 Å². The van der Waals surface area contributed by atoms with Crippen molar-refractivity contribution in [2.75, 3.05) is 18.6 Å². The van der Waals surface area contributed by atoms with E-state index in [1.165, 1.54) is 0 Å². The van der Waals surface area contributed by atoms with E-state index in [9.17, 15) is 13.2 Å². The van der Waals surface area contributed by atoms with Crippen molar-refractivity contribution in [2.45, 2.75) is 38.3 Å². The van der Waals surface area contributed by atoms with E-state index in [4.69, 9.17) is 0 Å². The lowest BCUT2D eigenvalue weighted by atomic mass is 10.00. The number of amides is 1. The Kier molecular flexibility index (Phi) is 4.73. The van der Waals surface area contributed by atoms with E-state index in [2.05, 4.69) is 17.6 Å². The van der Waals surface area contributed by atoms with Crippen molar-refractivity contribution in [3.05, 3.63) is 0 Å². The van der Waals surface area contributed by atoms with Crippen LogP contribution in [-0.2, 0) is 14.6 Å². The second-order valence-electron chi connectivity index (χ2n) is 4.57. The molecule has 0 spiro atoms. The quantitative estimate of drug-likeness (QED) is 0.715. The SMILES string of the molecule is CC1CCCC(CNC(=O)CS(C)(=O)=O)N1. The molecule has 0 radical (unpaired) electrons. The first-order chi connectivity index (χ1) is 7.37. The number of hydrogen-bond donors (Lipinski definition) is 2. The summed E-state index contributed by atoms with van der Waals surface area (Å²) in [6, 6.07) is 0.748. The minimum absolute atomic E-state index is 0.271. The number of nitrogens with one attached hydrogen (secondary N) is 2. The lowest BCUT2D eigenvalue weighted by Gasteiger charge is -2.28. The van der Waals surface area contributed by atoms with Gasteiger partial charge in [-0.1, -0.05) is 6.42 Å². The Balaban J connectivity index is 2.26. The zero-order chi connectivity index (χ0) is 12.2. The predicted molar refractivity (Wildman–Crippen MR) is 63.0 cm³/mol. The first kappa shape index (κ1) is 13.4. The Morgan fingerprint density at radius 1 is 1.44 bits per heavy atom. The Bertz CT molecular complexity index is 340. The first-order valence-corrected chi connectivity index (χ1v) is 7.63. The molecule has 2 unspecified atom stereocenters. The van der Waals surface area contributed by atoms with Gasteiger partial charge in [-0.2, -0.15) is 0 Å². The highest BCUT2D eigenvalue weighted by Gasteiger charge is 2.18. The van der Waals surface area contributed by atoms with E-state index >= 15 is 0 Å². The van der Waals surface area contributed by atoms with Crippen LogP contribution >= 0.6 is 0 Å². The van der Waals surface area contributed by atoms with Gasteiger partial charge in [0.15, 0.2) is 9.84 Å². The molecular formula is C10H20N2O3S. The molecule has 1 rings (SSSR count). The van der Waals surface area contributed by atoms with E-state index in [0.29, 0.717) is 12.6 Å². The number of hydrogen-bond acceptors (Lipinski definition) is 4. The van der Waals surface area contributed by atoms with Gasteiger partial charge < -0.3 is 10.6 Å². The van der Waals surface area contributed by atoms with Gasteiger partial charge in [-0.25, -0.2) is 8.42 Å². The maximum absolute atomic E-state index is 11.3. The van der Waals surface area contributed by atoms with Crippen molar-refractivity contribution in [1.29, 1.82) is 0 Å². The molecule has 1 heterocycles. The van der Waals surface area contributed by atoms with Crippen LogP contribution in [0.25, 0.3) is 0 Å². The van der Waals surface area contributed by atoms with Crippen molar-refractivity contribution in [3.63, 3.8) is 0 Å². The van der Waals surface area contributed by atoms with Crippen LogP contribution in [0.4, 0.5) is 0 Å². The third kappa shape index (κ3) is 5.46. The van der Waals surface area contributed by atoms with Crippen LogP contribution in [0.5, 0.6) is 0 Å². The summed E-state index contributed by atoms with van der Waals surface area (Å²) in [5.74, 6) is -0.836. The number of carbonyl (C=O) groups is 1. The highest BCUT2D eigenvalue weighted by atomic mass is 32.2. The van der Waals surface area contributed by atoms with Gasteiger partial charge in [-0.05, 0) is 19.8 Å². The number of carbonyl (C=O) groups excluding carboxylic acids is 1. The predicted octanol–water partition coefficient (Wildman–Crippen LogP) is -0.322. The molecule has 6 heteroatoms. The number of rotatable bonds is 4. The maximum Gasteiger partial charge on any atom is 0.235 e. The van der Waals surface area contributed by atoms with Crippen LogP contribution in [-0.4, -0.2) is 45.0 Å². The molecule has 0 aromatic heterocycles. The minimum Gasteiger partial charge on any atom is -0.354 e. The largest absolute Gasteiger partial charge is 0.354 e. The van der Waals surface area contributed by atoms with E-state index in [0.717, 1.165) is 25.5 Å². The lowest BCUT2D eigenvalue weighted by molar-refractivity contribution is -0.118. The molecule has 16 heavy (non-hydrogen) atoms. The highest BCUT2D eigenvalue weighted by Crippen LogP contribution is 2.11. The van der Waals surface area contributed by atoms with Gasteiger partial charge in [-0.3, -0.25) is 4.79 Å². The van der Waals surface area contributed by atoms with Gasteiger partial charge in [0.05, 0.1) is 0 Å². The molecule has 0 aromatic carbocycles. The monoisotopic (exact) mass is 248 g/mol. The van der Waals surface area contributed by atoms with Crippen LogP contribution in [0.1, 0.15) is 26.2 Å². The molecule has 0 aliphatic carbocycles. The lowest BCUT2D eigenvalue weighted by Crippen LogP contribution is -2.48. The topological polar surface area (TPSA) is 75.3 Å². The Labute approximate surface area is 96.9 Å². The molecule has 0 bridgehead atoms. The molecule has 5 nitrogen and oxygen atoms in total. The van der Waals surface area contributed by atoms with Crippen LogP contribution in [0, 0.1) is 0 Å². The fraction of sp³-hybridized carbons (Fsp3) is 0.900. The molecule has 1 fully saturated rings. The van der Waals surface area contributed by atoms with Crippen molar-refractivity contribution < 1.29 is 13.2 Å². The van der Waals surface area contributed by atoms with Crippen LogP contribution < -0.4 is 10.6 Å². The van der Waals surface area contributed by atoms with E-state index < -0.39 is 21.5 Å². The maximum atomic E-state index is 11.3. The van der Waals surface area contributed by atoms with Crippen molar-refractivity contribution >= 4 is 15.7 Å². The molecule has 1 aliphatic heterocycles. The first-order valence-electron chi connectivity index (χ1n) is 5.57. The third-order valence-electron chi connectivity index (χ3n) is 2.65. The summed E-state index contributed by atoms with van der Waals surface area (Å²) in [5, 5.41) is 6.02. The summed E-state index contributed by atoms with van der Waals surface area (Å²) in [5.41, 5.74) is 0. The molecule has 1 saturated heterocycles. The van der Waals surface area contributed by atoms with E-state index in [1.54, 1.807) is 0 Å². The Hall–Kier alpha value is -0.620. The second kappa shape index (κ2) is 5.63. The molecule has 0 saturated carbocycles. The summed E-state index contributed by atoms with van der Waals surface area (Å²) in [4.78, 5) is 11.3. The summed E-state index contributed by atoms with van der Waals surface area (Å²) in [6.07, 6.45) is 4.41. The molecular weight excluding hydrogens is 228 g/mol. The second-order valence-corrected chi connectivity index (χ2v) is 6.71.